The van der Waals surface area contributed by atoms with Crippen LogP contribution in [0.3, 0.4) is 0 Å². The molecule has 2 aliphatic carbocycles. The van der Waals surface area contributed by atoms with Crippen LogP contribution in [0.5, 0.6) is 0 Å². The van der Waals surface area contributed by atoms with Gasteiger partial charge in [-0.05, 0) is 125 Å². The van der Waals surface area contributed by atoms with E-state index in [2.05, 4.69) is 66.4 Å². The average molecular weight is 458 g/mol. The maximum atomic E-state index is 2.69. The highest BCUT2D eigenvalue weighted by atomic mass is 15.2. The fourth-order valence-electron chi connectivity index (χ4n) is 7.46. The first kappa shape index (κ1) is 27.3. The van der Waals surface area contributed by atoms with Crippen LogP contribution in [-0.2, 0) is 0 Å². The summed E-state index contributed by atoms with van der Waals surface area (Å²) in [5, 5.41) is 0. The van der Waals surface area contributed by atoms with Gasteiger partial charge in [-0.15, -0.1) is 0 Å². The van der Waals surface area contributed by atoms with Crippen LogP contribution >= 0.6 is 0 Å². The van der Waals surface area contributed by atoms with Crippen LogP contribution in [0.4, 0.5) is 0 Å². The van der Waals surface area contributed by atoms with Crippen LogP contribution in [0, 0.1) is 53.3 Å². The van der Waals surface area contributed by atoms with Crippen molar-refractivity contribution in [3.8, 4) is 0 Å². The van der Waals surface area contributed by atoms with E-state index in [4.69, 9.17) is 0 Å². The highest BCUT2D eigenvalue weighted by Gasteiger charge is 2.32. The summed E-state index contributed by atoms with van der Waals surface area (Å²) in [4.78, 5) is 2.69. The van der Waals surface area contributed by atoms with Gasteiger partial charge in [-0.1, -0.05) is 66.0 Å². The second kappa shape index (κ2) is 12.6. The van der Waals surface area contributed by atoms with Crippen LogP contribution in [0.2, 0.25) is 0 Å². The fraction of sp³-hybridized carbons (Fsp3) is 0.938. The summed E-state index contributed by atoms with van der Waals surface area (Å²) in [6.07, 6.45) is 17.1. The molecule has 1 saturated carbocycles. The summed E-state index contributed by atoms with van der Waals surface area (Å²) >= 11 is 0. The standard InChI is InChI=1S/C32H59N/c1-22(2)28-13-14-29(19-28)24(5)9-10-25(6)30-15-16-31(20-30)26(7)11-12-27(8)32-17-18-33(21-32)23(3)4/h16,22-30,32H,9-15,17-21H2,1-8H3. The van der Waals surface area contributed by atoms with E-state index in [0.717, 1.165) is 59.3 Å². The quantitative estimate of drug-likeness (QED) is 0.264. The first-order chi connectivity index (χ1) is 15.7. The van der Waals surface area contributed by atoms with Crippen molar-refractivity contribution < 1.29 is 0 Å². The lowest BCUT2D eigenvalue weighted by molar-refractivity contribution is 0.242. The molecule has 0 aromatic carbocycles. The van der Waals surface area contributed by atoms with Gasteiger partial charge in [0, 0.05) is 12.6 Å². The SMILES string of the molecule is CC(CCC(C)C1CCN(C(C)C)C1)C1=CCC(C(C)CCC(C)C2CCC(C(C)C)C2)C1. The van der Waals surface area contributed by atoms with Crippen molar-refractivity contribution in [1.29, 1.82) is 0 Å². The maximum Gasteiger partial charge on any atom is 0.00387 e. The van der Waals surface area contributed by atoms with Crippen molar-refractivity contribution in [2.45, 2.75) is 126 Å². The topological polar surface area (TPSA) is 3.24 Å². The zero-order valence-corrected chi connectivity index (χ0v) is 23.8. The second-order valence-electron chi connectivity index (χ2n) is 13.7. The van der Waals surface area contributed by atoms with Gasteiger partial charge >= 0.3 is 0 Å². The molecule has 0 bridgehead atoms. The Hall–Kier alpha value is -0.300. The van der Waals surface area contributed by atoms with Crippen LogP contribution in [0.1, 0.15) is 120 Å². The summed E-state index contributed by atoms with van der Waals surface area (Å²) < 4.78 is 0. The molecule has 0 radical (unpaired) electrons. The molecule has 1 aliphatic heterocycles. The second-order valence-corrected chi connectivity index (χ2v) is 13.7. The Morgan fingerprint density at radius 3 is 1.94 bits per heavy atom. The maximum absolute atomic E-state index is 2.69. The minimum atomic E-state index is 0.724. The van der Waals surface area contributed by atoms with E-state index in [0.29, 0.717) is 0 Å². The van der Waals surface area contributed by atoms with E-state index in [9.17, 15) is 0 Å². The lowest BCUT2D eigenvalue weighted by Crippen LogP contribution is -2.29. The molecule has 2 fully saturated rings. The molecule has 8 atom stereocenters. The van der Waals surface area contributed by atoms with Gasteiger partial charge in [0.15, 0.2) is 0 Å². The summed E-state index contributed by atoms with van der Waals surface area (Å²) in [5.41, 5.74) is 1.80. The van der Waals surface area contributed by atoms with Crippen molar-refractivity contribution in [2.75, 3.05) is 13.1 Å². The Morgan fingerprint density at radius 1 is 0.727 bits per heavy atom. The number of hydrogen-bond donors (Lipinski definition) is 0. The average Bonchev–Trinajstić information content (AvgIpc) is 3.55. The van der Waals surface area contributed by atoms with Gasteiger partial charge < -0.3 is 4.90 Å². The predicted molar refractivity (Wildman–Crippen MR) is 146 cm³/mol. The molecule has 1 heterocycles. The lowest BCUT2D eigenvalue weighted by atomic mass is 9.80. The molecule has 1 heteroatoms. The lowest BCUT2D eigenvalue weighted by Gasteiger charge is -2.26. The van der Waals surface area contributed by atoms with Gasteiger partial charge in [-0.2, -0.15) is 0 Å². The zero-order valence-electron chi connectivity index (χ0n) is 23.8. The molecule has 8 unspecified atom stereocenters. The largest absolute Gasteiger partial charge is 0.301 e. The number of nitrogens with zero attached hydrogens (tertiary/aromatic N) is 1. The normalized spacial score (nSPS) is 32.5. The van der Waals surface area contributed by atoms with Crippen molar-refractivity contribution in [3.05, 3.63) is 11.6 Å². The Labute approximate surface area is 208 Å². The number of allylic oxidation sites excluding steroid dienone is 2. The zero-order chi connectivity index (χ0) is 24.1. The Balaban J connectivity index is 1.33. The molecule has 0 spiro atoms. The summed E-state index contributed by atoms with van der Waals surface area (Å²) in [5.74, 6) is 8.29. The molecule has 3 aliphatic rings. The van der Waals surface area contributed by atoms with Gasteiger partial charge in [-0.25, -0.2) is 0 Å². The smallest absolute Gasteiger partial charge is 0.00387 e. The van der Waals surface area contributed by atoms with E-state index in [1.54, 1.807) is 5.57 Å². The molecule has 192 valence electrons. The van der Waals surface area contributed by atoms with Gasteiger partial charge in [0.25, 0.3) is 0 Å². The first-order valence-corrected chi connectivity index (χ1v) is 15.1. The van der Waals surface area contributed by atoms with Crippen LogP contribution in [0.25, 0.3) is 0 Å². The Kier molecular flexibility index (Phi) is 10.4. The Morgan fingerprint density at radius 2 is 1.33 bits per heavy atom. The molecule has 0 aromatic heterocycles. The van der Waals surface area contributed by atoms with Crippen molar-refractivity contribution in [2.24, 2.45) is 53.3 Å². The van der Waals surface area contributed by atoms with Crippen LogP contribution < -0.4 is 0 Å². The third kappa shape index (κ3) is 7.59. The molecule has 0 aromatic rings. The molecule has 0 N–H and O–H groups in total. The van der Waals surface area contributed by atoms with Crippen LogP contribution in [0.15, 0.2) is 11.6 Å². The van der Waals surface area contributed by atoms with E-state index in [1.165, 1.54) is 77.3 Å². The first-order valence-electron chi connectivity index (χ1n) is 15.1. The van der Waals surface area contributed by atoms with E-state index < -0.39 is 0 Å². The number of likely N-dealkylation sites (tertiary alicyclic amines) is 1. The van der Waals surface area contributed by atoms with Crippen molar-refractivity contribution in [1.82, 2.24) is 4.90 Å². The molecular weight excluding hydrogens is 398 g/mol. The van der Waals surface area contributed by atoms with Crippen LogP contribution in [-0.4, -0.2) is 24.0 Å². The molecule has 33 heavy (non-hydrogen) atoms. The van der Waals surface area contributed by atoms with Gasteiger partial charge in [0.1, 0.15) is 0 Å². The molecule has 3 rings (SSSR count). The third-order valence-electron chi connectivity index (χ3n) is 10.8. The highest BCUT2D eigenvalue weighted by Crippen LogP contribution is 2.43. The number of hydrogen-bond acceptors (Lipinski definition) is 1. The van der Waals surface area contributed by atoms with Gasteiger partial charge in [0.2, 0.25) is 0 Å². The summed E-state index contributed by atoms with van der Waals surface area (Å²) in [7, 11) is 0. The van der Waals surface area contributed by atoms with Crippen molar-refractivity contribution in [3.63, 3.8) is 0 Å². The minimum absolute atomic E-state index is 0.724. The molecule has 0 amide bonds. The predicted octanol–water partition coefficient (Wildman–Crippen LogP) is 9.23. The van der Waals surface area contributed by atoms with E-state index in [1.807, 2.05) is 0 Å². The van der Waals surface area contributed by atoms with E-state index >= 15 is 0 Å². The number of rotatable bonds is 12. The molecular formula is C32H59N. The van der Waals surface area contributed by atoms with E-state index in [-0.39, 0.29) is 0 Å². The van der Waals surface area contributed by atoms with Gasteiger partial charge in [-0.3, -0.25) is 0 Å². The minimum Gasteiger partial charge on any atom is -0.301 e. The third-order valence-corrected chi connectivity index (χ3v) is 10.8. The summed E-state index contributed by atoms with van der Waals surface area (Å²) in [6, 6.07) is 0.724. The summed E-state index contributed by atoms with van der Waals surface area (Å²) in [6.45, 7) is 22.4. The van der Waals surface area contributed by atoms with Gasteiger partial charge in [0.05, 0.1) is 0 Å². The molecule has 1 saturated heterocycles. The Bertz CT molecular complexity index is 604. The molecule has 1 nitrogen and oxygen atoms in total. The highest BCUT2D eigenvalue weighted by molar-refractivity contribution is 5.13. The van der Waals surface area contributed by atoms with Crippen molar-refractivity contribution >= 4 is 0 Å². The fourth-order valence-corrected chi connectivity index (χ4v) is 7.46. The monoisotopic (exact) mass is 457 g/mol.